The topological polar surface area (TPSA) is 107 Å². The van der Waals surface area contributed by atoms with Gasteiger partial charge in [-0.05, 0) is 44.4 Å². The second-order valence-electron chi connectivity index (χ2n) is 6.52. The van der Waals surface area contributed by atoms with Crippen LogP contribution in [0.15, 0.2) is 40.1 Å². The number of fused-ring (bicyclic) bond motifs is 1. The average molecular weight is 382 g/mol. The van der Waals surface area contributed by atoms with E-state index in [2.05, 4.69) is 15.0 Å². The van der Waals surface area contributed by atoms with Crippen molar-refractivity contribution in [3.05, 3.63) is 68.3 Å². The lowest BCUT2D eigenvalue weighted by atomic mass is 10.2. The summed E-state index contributed by atoms with van der Waals surface area (Å²) in [7, 11) is 0. The number of carbonyl (C=O) groups is 1. The molecule has 0 unspecified atom stereocenters. The smallest absolute Gasteiger partial charge is 0.339 e. The summed E-state index contributed by atoms with van der Waals surface area (Å²) in [6, 6.07) is 7.22. The highest BCUT2D eigenvalue weighted by Crippen LogP contribution is 2.10. The maximum atomic E-state index is 12.3. The number of hydrogen-bond donors (Lipinski definition) is 1. The first-order valence-corrected chi connectivity index (χ1v) is 9.22. The number of ether oxygens (including phenoxy) is 1. The van der Waals surface area contributed by atoms with Gasteiger partial charge in [0.2, 0.25) is 0 Å². The van der Waals surface area contributed by atoms with Gasteiger partial charge in [0, 0.05) is 24.1 Å². The summed E-state index contributed by atoms with van der Waals surface area (Å²) < 4.78 is 6.67. The average Bonchev–Trinajstić information content (AvgIpc) is 2.68. The van der Waals surface area contributed by atoms with Crippen LogP contribution in [0.2, 0.25) is 0 Å². The lowest BCUT2D eigenvalue weighted by Gasteiger charge is -2.09. The number of hydrogen-bond acceptors (Lipinski definition) is 6. The van der Waals surface area contributed by atoms with Crippen LogP contribution in [0.25, 0.3) is 11.0 Å². The van der Waals surface area contributed by atoms with Gasteiger partial charge in [0.15, 0.2) is 0 Å². The van der Waals surface area contributed by atoms with Gasteiger partial charge in [-0.1, -0.05) is 13.0 Å². The zero-order chi connectivity index (χ0) is 20.1. The molecule has 0 fully saturated rings. The lowest BCUT2D eigenvalue weighted by Crippen LogP contribution is -2.31. The second-order valence-corrected chi connectivity index (χ2v) is 6.52. The van der Waals surface area contributed by atoms with Crippen LogP contribution >= 0.6 is 0 Å². The molecule has 0 aliphatic heterocycles. The van der Waals surface area contributed by atoms with Gasteiger partial charge >= 0.3 is 11.7 Å². The molecule has 3 heterocycles. The summed E-state index contributed by atoms with van der Waals surface area (Å²) in [5.41, 5.74) is 1.25. The highest BCUT2D eigenvalue weighted by molar-refractivity contribution is 5.92. The molecule has 28 heavy (non-hydrogen) atoms. The zero-order valence-electron chi connectivity index (χ0n) is 15.9. The Hall–Kier alpha value is -3.29. The predicted octanol–water partition coefficient (Wildman–Crippen LogP) is 1.99. The van der Waals surface area contributed by atoms with Gasteiger partial charge in [0.1, 0.15) is 5.65 Å². The summed E-state index contributed by atoms with van der Waals surface area (Å²) in [5.74, 6) is -0.556. The monoisotopic (exact) mass is 382 g/mol. The number of nitrogens with zero attached hydrogens (tertiary/aromatic N) is 3. The summed E-state index contributed by atoms with van der Waals surface area (Å²) in [6.45, 7) is 4.51. The highest BCUT2D eigenvalue weighted by Gasteiger charge is 2.13. The minimum Gasteiger partial charge on any atom is -0.462 e. The largest absolute Gasteiger partial charge is 0.462 e. The molecule has 0 amide bonds. The molecule has 3 aromatic heterocycles. The van der Waals surface area contributed by atoms with Crippen LogP contribution in [0, 0.1) is 6.92 Å². The Morgan fingerprint density at radius 2 is 2.11 bits per heavy atom. The molecule has 0 spiro atoms. The number of H-pyrrole nitrogens is 1. The molecule has 0 saturated carbocycles. The molecular weight excluding hydrogens is 360 g/mol. The Labute approximate surface area is 161 Å². The number of aromatic nitrogens is 4. The number of carbonyl (C=O) groups excluding carboxylic acids is 1. The van der Waals surface area contributed by atoms with Crippen molar-refractivity contribution in [1.82, 2.24) is 19.5 Å². The van der Waals surface area contributed by atoms with E-state index in [0.717, 1.165) is 11.4 Å². The Morgan fingerprint density at radius 1 is 1.29 bits per heavy atom. The van der Waals surface area contributed by atoms with Crippen molar-refractivity contribution < 1.29 is 9.53 Å². The third-order valence-electron chi connectivity index (χ3n) is 4.27. The van der Waals surface area contributed by atoms with E-state index >= 15 is 0 Å². The van der Waals surface area contributed by atoms with Crippen molar-refractivity contribution in [3.63, 3.8) is 0 Å². The number of esters is 1. The van der Waals surface area contributed by atoms with E-state index in [-0.39, 0.29) is 23.2 Å². The van der Waals surface area contributed by atoms with Crippen LogP contribution in [0.4, 0.5) is 0 Å². The van der Waals surface area contributed by atoms with Crippen LogP contribution in [0.5, 0.6) is 0 Å². The SMILES string of the molecule is CCCn1c(=O)[nH]c(=O)c2cc(C(=O)OCCCc3cccc(C)n3)cnc21. The van der Waals surface area contributed by atoms with E-state index in [0.29, 0.717) is 25.8 Å². The molecule has 3 rings (SSSR count). The molecule has 0 radical (unpaired) electrons. The fraction of sp³-hybridized carbons (Fsp3) is 0.350. The van der Waals surface area contributed by atoms with E-state index in [4.69, 9.17) is 4.74 Å². The minimum absolute atomic E-state index is 0.174. The van der Waals surface area contributed by atoms with E-state index in [1.165, 1.54) is 16.8 Å². The Bertz CT molecular complexity index is 1120. The highest BCUT2D eigenvalue weighted by atomic mass is 16.5. The second kappa shape index (κ2) is 8.60. The third kappa shape index (κ3) is 4.33. The van der Waals surface area contributed by atoms with Gasteiger partial charge in [-0.2, -0.15) is 0 Å². The molecule has 8 nitrogen and oxygen atoms in total. The number of rotatable bonds is 7. The minimum atomic E-state index is -0.569. The quantitative estimate of drug-likeness (QED) is 0.495. The van der Waals surface area contributed by atoms with Crippen molar-refractivity contribution >= 4 is 17.0 Å². The number of aryl methyl sites for hydroxylation is 3. The number of pyridine rings is 2. The van der Waals surface area contributed by atoms with Gasteiger partial charge in [-0.3, -0.25) is 19.3 Å². The molecule has 0 saturated heterocycles. The maximum Gasteiger partial charge on any atom is 0.339 e. The summed E-state index contributed by atoms with van der Waals surface area (Å²) >= 11 is 0. The van der Waals surface area contributed by atoms with Crippen molar-refractivity contribution in [2.45, 2.75) is 39.7 Å². The first kappa shape index (κ1) is 19.5. The molecule has 0 aliphatic rings. The lowest BCUT2D eigenvalue weighted by molar-refractivity contribution is 0.0500. The van der Waals surface area contributed by atoms with Gasteiger partial charge in [0.05, 0.1) is 17.6 Å². The molecule has 146 valence electrons. The first-order valence-electron chi connectivity index (χ1n) is 9.22. The molecule has 8 heteroatoms. The molecule has 0 bridgehead atoms. The van der Waals surface area contributed by atoms with E-state index in [9.17, 15) is 14.4 Å². The molecule has 3 aromatic rings. The van der Waals surface area contributed by atoms with Crippen LogP contribution in [-0.2, 0) is 17.7 Å². The van der Waals surface area contributed by atoms with Gasteiger partial charge < -0.3 is 4.74 Å². The summed E-state index contributed by atoms with van der Waals surface area (Å²) in [5, 5.41) is 0.187. The molecule has 0 atom stereocenters. The summed E-state index contributed by atoms with van der Waals surface area (Å²) in [4.78, 5) is 47.2. The number of aromatic amines is 1. The summed E-state index contributed by atoms with van der Waals surface area (Å²) in [6.07, 6.45) is 3.38. The number of nitrogens with one attached hydrogen (secondary N) is 1. The fourth-order valence-corrected chi connectivity index (χ4v) is 2.95. The maximum absolute atomic E-state index is 12.3. The fourth-order valence-electron chi connectivity index (χ4n) is 2.95. The van der Waals surface area contributed by atoms with E-state index < -0.39 is 17.2 Å². The Balaban J connectivity index is 1.70. The van der Waals surface area contributed by atoms with Gasteiger partial charge in [-0.25, -0.2) is 14.6 Å². The van der Waals surface area contributed by atoms with Crippen LogP contribution in [0.3, 0.4) is 0 Å². The van der Waals surface area contributed by atoms with Crippen molar-refractivity contribution in [1.29, 1.82) is 0 Å². The van der Waals surface area contributed by atoms with Crippen molar-refractivity contribution in [3.8, 4) is 0 Å². The molecule has 0 aromatic carbocycles. The van der Waals surface area contributed by atoms with Crippen LogP contribution in [0.1, 0.15) is 41.5 Å². The van der Waals surface area contributed by atoms with Gasteiger partial charge in [-0.15, -0.1) is 0 Å². The zero-order valence-corrected chi connectivity index (χ0v) is 15.9. The normalized spacial score (nSPS) is 10.9. The van der Waals surface area contributed by atoms with E-state index in [1.807, 2.05) is 32.0 Å². The molecule has 1 N–H and O–H groups in total. The van der Waals surface area contributed by atoms with Crippen molar-refractivity contribution in [2.24, 2.45) is 0 Å². The Morgan fingerprint density at radius 3 is 2.86 bits per heavy atom. The van der Waals surface area contributed by atoms with E-state index in [1.54, 1.807) is 0 Å². The van der Waals surface area contributed by atoms with Crippen LogP contribution in [-0.4, -0.2) is 32.1 Å². The van der Waals surface area contributed by atoms with Crippen molar-refractivity contribution in [2.75, 3.05) is 6.61 Å². The van der Waals surface area contributed by atoms with Crippen LogP contribution < -0.4 is 11.2 Å². The standard InChI is InChI=1S/C20H22N4O4/c1-3-9-24-17-16(18(25)23-20(24)27)11-14(12-21-17)19(26)28-10-5-8-15-7-4-6-13(2)22-15/h4,6-7,11-12H,3,5,8-10H2,1-2H3,(H,23,25,27). The first-order chi connectivity index (χ1) is 13.5. The third-order valence-corrected chi connectivity index (χ3v) is 4.27. The molecule has 0 aliphatic carbocycles. The van der Waals surface area contributed by atoms with Gasteiger partial charge in [0.25, 0.3) is 5.56 Å². The Kier molecular flexibility index (Phi) is 5.98. The predicted molar refractivity (Wildman–Crippen MR) is 104 cm³/mol. The molecular formula is C20H22N4O4.